The SMILES string of the molecule is CC1CN(C(C)c2cccc(F)c2)C(=O)NC1=O. The number of hydrogen-bond acceptors (Lipinski definition) is 2. The third kappa shape index (κ3) is 2.34. The molecular formula is C13H15FN2O2. The highest BCUT2D eigenvalue weighted by molar-refractivity contribution is 5.97. The van der Waals surface area contributed by atoms with Gasteiger partial charge in [-0.1, -0.05) is 19.1 Å². The molecule has 1 heterocycles. The molecule has 1 fully saturated rings. The van der Waals surface area contributed by atoms with Gasteiger partial charge in [-0.15, -0.1) is 0 Å². The van der Waals surface area contributed by atoms with Crippen molar-refractivity contribution in [2.75, 3.05) is 6.54 Å². The molecule has 1 saturated heterocycles. The van der Waals surface area contributed by atoms with Gasteiger partial charge in [-0.25, -0.2) is 9.18 Å². The van der Waals surface area contributed by atoms with Gasteiger partial charge < -0.3 is 4.90 Å². The number of nitrogens with zero attached hydrogens (tertiary/aromatic N) is 1. The summed E-state index contributed by atoms with van der Waals surface area (Å²) < 4.78 is 13.2. The molecule has 0 radical (unpaired) electrons. The Morgan fingerprint density at radius 3 is 2.83 bits per heavy atom. The molecule has 1 aliphatic rings. The van der Waals surface area contributed by atoms with E-state index in [1.54, 1.807) is 24.0 Å². The van der Waals surface area contributed by atoms with Gasteiger partial charge in [0.05, 0.1) is 12.0 Å². The third-order valence-corrected chi connectivity index (χ3v) is 3.21. The van der Waals surface area contributed by atoms with E-state index in [-0.39, 0.29) is 23.7 Å². The molecule has 3 amide bonds. The minimum Gasteiger partial charge on any atom is -0.317 e. The highest BCUT2D eigenvalue weighted by Gasteiger charge is 2.32. The minimum atomic E-state index is -0.421. The number of carbonyl (C=O) groups is 2. The molecule has 0 aliphatic carbocycles. The Morgan fingerprint density at radius 2 is 2.17 bits per heavy atom. The van der Waals surface area contributed by atoms with Gasteiger partial charge in [0.2, 0.25) is 5.91 Å². The van der Waals surface area contributed by atoms with Crippen LogP contribution in [-0.4, -0.2) is 23.4 Å². The lowest BCUT2D eigenvalue weighted by Gasteiger charge is -2.35. The van der Waals surface area contributed by atoms with Crippen molar-refractivity contribution >= 4 is 11.9 Å². The van der Waals surface area contributed by atoms with E-state index < -0.39 is 6.03 Å². The number of hydrogen-bond donors (Lipinski definition) is 1. The van der Waals surface area contributed by atoms with E-state index in [0.29, 0.717) is 12.1 Å². The molecule has 1 N–H and O–H groups in total. The van der Waals surface area contributed by atoms with Crippen LogP contribution in [0.2, 0.25) is 0 Å². The monoisotopic (exact) mass is 250 g/mol. The average molecular weight is 250 g/mol. The average Bonchev–Trinajstić information content (AvgIpc) is 2.33. The zero-order valence-electron chi connectivity index (χ0n) is 10.3. The third-order valence-electron chi connectivity index (χ3n) is 3.21. The quantitative estimate of drug-likeness (QED) is 0.873. The Kier molecular flexibility index (Phi) is 3.32. The Labute approximate surface area is 105 Å². The maximum Gasteiger partial charge on any atom is 0.324 e. The second-order valence-corrected chi connectivity index (χ2v) is 4.58. The molecule has 0 aromatic heterocycles. The highest BCUT2D eigenvalue weighted by Crippen LogP contribution is 2.23. The fraction of sp³-hybridized carbons (Fsp3) is 0.385. The molecule has 2 atom stereocenters. The van der Waals surface area contributed by atoms with Crippen LogP contribution in [0.25, 0.3) is 0 Å². The predicted octanol–water partition coefficient (Wildman–Crippen LogP) is 2.07. The van der Waals surface area contributed by atoms with E-state index in [9.17, 15) is 14.0 Å². The summed E-state index contributed by atoms with van der Waals surface area (Å²) in [4.78, 5) is 24.6. The summed E-state index contributed by atoms with van der Waals surface area (Å²) >= 11 is 0. The van der Waals surface area contributed by atoms with Crippen LogP contribution in [0.5, 0.6) is 0 Å². The van der Waals surface area contributed by atoms with Crippen LogP contribution < -0.4 is 5.32 Å². The van der Waals surface area contributed by atoms with Gasteiger partial charge in [-0.05, 0) is 24.6 Å². The van der Waals surface area contributed by atoms with Crippen molar-refractivity contribution in [3.8, 4) is 0 Å². The predicted molar refractivity (Wildman–Crippen MR) is 64.2 cm³/mol. The number of urea groups is 1. The van der Waals surface area contributed by atoms with Gasteiger partial charge >= 0.3 is 6.03 Å². The summed E-state index contributed by atoms with van der Waals surface area (Å²) in [6, 6.07) is 5.45. The Balaban J connectivity index is 2.20. The van der Waals surface area contributed by atoms with Crippen LogP contribution in [0.4, 0.5) is 9.18 Å². The first-order chi connectivity index (χ1) is 8.49. The van der Waals surface area contributed by atoms with Gasteiger partial charge in [0.1, 0.15) is 5.82 Å². The van der Waals surface area contributed by atoms with Crippen LogP contribution in [-0.2, 0) is 4.79 Å². The minimum absolute atomic E-state index is 0.251. The summed E-state index contributed by atoms with van der Waals surface area (Å²) in [6.45, 7) is 3.92. The lowest BCUT2D eigenvalue weighted by Crippen LogP contribution is -2.54. The molecular weight excluding hydrogens is 235 g/mol. The molecule has 2 unspecified atom stereocenters. The van der Waals surface area contributed by atoms with Crippen LogP contribution in [0.3, 0.4) is 0 Å². The topological polar surface area (TPSA) is 49.4 Å². The van der Waals surface area contributed by atoms with E-state index in [2.05, 4.69) is 5.32 Å². The Morgan fingerprint density at radius 1 is 1.44 bits per heavy atom. The Bertz CT molecular complexity index is 490. The number of carbonyl (C=O) groups excluding carboxylic acids is 2. The first-order valence-corrected chi connectivity index (χ1v) is 5.86. The first-order valence-electron chi connectivity index (χ1n) is 5.86. The lowest BCUT2D eigenvalue weighted by molar-refractivity contribution is -0.125. The van der Waals surface area contributed by atoms with Crippen molar-refractivity contribution in [2.24, 2.45) is 5.92 Å². The number of amides is 3. The van der Waals surface area contributed by atoms with E-state index >= 15 is 0 Å². The van der Waals surface area contributed by atoms with Crippen LogP contribution >= 0.6 is 0 Å². The molecule has 5 heteroatoms. The normalized spacial score (nSPS) is 21.7. The molecule has 4 nitrogen and oxygen atoms in total. The molecule has 0 spiro atoms. The molecule has 18 heavy (non-hydrogen) atoms. The van der Waals surface area contributed by atoms with Crippen molar-refractivity contribution in [2.45, 2.75) is 19.9 Å². The van der Waals surface area contributed by atoms with Crippen molar-refractivity contribution in [3.63, 3.8) is 0 Å². The summed E-state index contributed by atoms with van der Waals surface area (Å²) in [7, 11) is 0. The van der Waals surface area contributed by atoms with Crippen LogP contribution in [0.1, 0.15) is 25.5 Å². The van der Waals surface area contributed by atoms with Crippen molar-refractivity contribution in [1.82, 2.24) is 10.2 Å². The van der Waals surface area contributed by atoms with Crippen molar-refractivity contribution < 1.29 is 14.0 Å². The lowest BCUT2D eigenvalue weighted by atomic mass is 10.0. The van der Waals surface area contributed by atoms with Gasteiger partial charge in [-0.2, -0.15) is 0 Å². The van der Waals surface area contributed by atoms with E-state index in [1.165, 1.54) is 12.1 Å². The summed E-state index contributed by atoms with van der Waals surface area (Å²) in [5.41, 5.74) is 0.715. The standard InChI is InChI=1S/C13H15FN2O2/c1-8-7-16(13(18)15-12(8)17)9(2)10-4-3-5-11(14)6-10/h3-6,8-9H,7H2,1-2H3,(H,15,17,18). The van der Waals surface area contributed by atoms with Gasteiger partial charge in [0, 0.05) is 6.54 Å². The molecule has 1 aromatic rings. The van der Waals surface area contributed by atoms with E-state index in [1.807, 2.05) is 6.92 Å². The van der Waals surface area contributed by atoms with Gasteiger partial charge in [0.15, 0.2) is 0 Å². The molecule has 0 bridgehead atoms. The van der Waals surface area contributed by atoms with E-state index in [4.69, 9.17) is 0 Å². The fourth-order valence-electron chi connectivity index (χ4n) is 2.04. The first kappa shape index (κ1) is 12.5. The maximum atomic E-state index is 13.2. The van der Waals surface area contributed by atoms with Gasteiger partial charge in [-0.3, -0.25) is 10.1 Å². The second-order valence-electron chi connectivity index (χ2n) is 4.58. The smallest absolute Gasteiger partial charge is 0.317 e. The van der Waals surface area contributed by atoms with Crippen molar-refractivity contribution in [3.05, 3.63) is 35.6 Å². The molecule has 96 valence electrons. The fourth-order valence-corrected chi connectivity index (χ4v) is 2.04. The van der Waals surface area contributed by atoms with E-state index in [0.717, 1.165) is 0 Å². The number of imide groups is 1. The van der Waals surface area contributed by atoms with Gasteiger partial charge in [0.25, 0.3) is 0 Å². The Hall–Kier alpha value is -1.91. The zero-order valence-corrected chi connectivity index (χ0v) is 10.3. The molecule has 0 saturated carbocycles. The summed E-state index contributed by atoms with van der Waals surface area (Å²) in [5.74, 6) is -0.845. The van der Waals surface area contributed by atoms with Crippen LogP contribution in [0.15, 0.2) is 24.3 Å². The molecule has 1 aliphatic heterocycles. The largest absolute Gasteiger partial charge is 0.324 e. The summed E-state index contributed by atoms with van der Waals surface area (Å²) in [5, 5.41) is 2.30. The maximum absolute atomic E-state index is 13.2. The van der Waals surface area contributed by atoms with Crippen molar-refractivity contribution in [1.29, 1.82) is 0 Å². The second kappa shape index (κ2) is 4.76. The van der Waals surface area contributed by atoms with Crippen LogP contribution in [0, 0.1) is 11.7 Å². The highest BCUT2D eigenvalue weighted by atomic mass is 19.1. The number of rotatable bonds is 2. The zero-order chi connectivity index (χ0) is 13.3. The molecule has 1 aromatic carbocycles. The number of nitrogens with one attached hydrogen (secondary N) is 1. The number of benzene rings is 1. The number of halogens is 1. The molecule has 2 rings (SSSR count). The summed E-state index contributed by atoms with van der Waals surface area (Å²) in [6.07, 6.45) is 0.